The van der Waals surface area contributed by atoms with Gasteiger partial charge in [-0.2, -0.15) is 4.31 Å². The van der Waals surface area contributed by atoms with E-state index in [1.54, 1.807) is 24.3 Å². The Morgan fingerprint density at radius 1 is 1.07 bits per heavy atom. The summed E-state index contributed by atoms with van der Waals surface area (Å²) in [5, 5.41) is 5.22. The number of hydrogen-bond donors (Lipinski definition) is 2. The van der Waals surface area contributed by atoms with E-state index in [-0.39, 0.29) is 29.0 Å². The Morgan fingerprint density at radius 2 is 1.73 bits per heavy atom. The summed E-state index contributed by atoms with van der Waals surface area (Å²) >= 11 is 3.32. The van der Waals surface area contributed by atoms with Gasteiger partial charge in [-0.1, -0.05) is 22.4 Å². The van der Waals surface area contributed by atoms with Gasteiger partial charge in [-0.3, -0.25) is 9.59 Å². The van der Waals surface area contributed by atoms with Crippen LogP contribution in [0.1, 0.15) is 36.5 Å². The van der Waals surface area contributed by atoms with Crippen molar-refractivity contribution in [2.45, 2.75) is 37.1 Å². The average molecular weight is 494 g/mol. The monoisotopic (exact) mass is 493 g/mol. The molecule has 2 N–H and O–H groups in total. The molecule has 0 radical (unpaired) electrons. The molecular formula is C21H24BrN3O4S. The van der Waals surface area contributed by atoms with Crippen LogP contribution in [0.3, 0.4) is 0 Å². The first-order valence-electron chi connectivity index (χ1n) is 9.73. The Labute approximate surface area is 185 Å². The number of halogens is 1. The summed E-state index contributed by atoms with van der Waals surface area (Å²) in [6.07, 6.45) is 2.73. The van der Waals surface area contributed by atoms with Crippen LogP contribution >= 0.6 is 15.9 Å². The number of benzene rings is 2. The molecule has 1 aliphatic heterocycles. The van der Waals surface area contributed by atoms with E-state index in [9.17, 15) is 18.0 Å². The van der Waals surface area contributed by atoms with E-state index in [1.165, 1.54) is 28.6 Å². The highest BCUT2D eigenvalue weighted by atomic mass is 79.9. The molecule has 0 aromatic heterocycles. The third kappa shape index (κ3) is 5.47. The summed E-state index contributed by atoms with van der Waals surface area (Å²) in [6.45, 7) is 2.23. The maximum atomic E-state index is 12.9. The molecule has 9 heteroatoms. The molecule has 2 amide bonds. The minimum atomic E-state index is -3.58. The zero-order chi connectivity index (χ0) is 21.7. The smallest absolute Gasteiger partial charge is 0.251 e. The molecule has 1 aliphatic rings. The van der Waals surface area contributed by atoms with Crippen molar-refractivity contribution in [1.82, 2.24) is 9.62 Å². The van der Waals surface area contributed by atoms with Gasteiger partial charge >= 0.3 is 0 Å². The Morgan fingerprint density at radius 3 is 2.37 bits per heavy atom. The highest BCUT2D eigenvalue weighted by molar-refractivity contribution is 9.10. The maximum absolute atomic E-state index is 12.9. The topological polar surface area (TPSA) is 95.6 Å². The molecule has 1 unspecified atom stereocenters. The summed E-state index contributed by atoms with van der Waals surface area (Å²) in [4.78, 5) is 24.5. The van der Waals surface area contributed by atoms with E-state index in [0.29, 0.717) is 12.2 Å². The van der Waals surface area contributed by atoms with E-state index >= 15 is 0 Å². The van der Waals surface area contributed by atoms with Crippen molar-refractivity contribution in [2.75, 3.05) is 18.4 Å². The number of sulfonamides is 1. The molecule has 160 valence electrons. The maximum Gasteiger partial charge on any atom is 0.251 e. The molecule has 7 nitrogen and oxygen atoms in total. The summed E-state index contributed by atoms with van der Waals surface area (Å²) in [5.74, 6) is -0.805. The molecule has 0 saturated carbocycles. The van der Waals surface area contributed by atoms with Gasteiger partial charge in [0.2, 0.25) is 15.9 Å². The Balaban J connectivity index is 1.58. The summed E-state index contributed by atoms with van der Waals surface area (Å²) < 4.78 is 28.1. The zero-order valence-electron chi connectivity index (χ0n) is 16.6. The van der Waals surface area contributed by atoms with Gasteiger partial charge in [0.15, 0.2) is 0 Å². The minimum Gasteiger partial charge on any atom is -0.343 e. The molecule has 30 heavy (non-hydrogen) atoms. The van der Waals surface area contributed by atoms with E-state index in [0.717, 1.165) is 23.7 Å². The number of rotatable bonds is 6. The van der Waals surface area contributed by atoms with E-state index in [1.807, 2.05) is 6.92 Å². The number of piperidine rings is 1. The Bertz CT molecular complexity index is 1010. The normalized spacial score (nSPS) is 17.3. The largest absolute Gasteiger partial charge is 0.343 e. The fourth-order valence-electron chi connectivity index (χ4n) is 3.34. The van der Waals surface area contributed by atoms with Crippen molar-refractivity contribution in [2.24, 2.45) is 0 Å². The number of nitrogens with one attached hydrogen (secondary N) is 2. The molecule has 1 fully saturated rings. The predicted molar refractivity (Wildman–Crippen MR) is 119 cm³/mol. The first-order valence-corrected chi connectivity index (χ1v) is 12.0. The van der Waals surface area contributed by atoms with Crippen molar-refractivity contribution in [3.63, 3.8) is 0 Å². The number of carbonyl (C=O) groups is 2. The van der Waals surface area contributed by atoms with Crippen molar-refractivity contribution in [1.29, 1.82) is 0 Å². The number of anilines is 1. The predicted octanol–water partition coefficient (Wildman–Crippen LogP) is 3.38. The molecule has 1 saturated heterocycles. The number of amides is 2. The standard InChI is InChI=1S/C21H24BrN3O4S/c1-15-4-2-3-13-25(15)30(28,29)19-11-5-16(6-12-19)21(27)23-14-20(26)24-18-9-7-17(22)8-10-18/h5-12,15H,2-4,13-14H2,1H3,(H,23,27)(H,24,26). The summed E-state index contributed by atoms with van der Waals surface area (Å²) in [5.41, 5.74) is 0.913. The van der Waals surface area contributed by atoms with Gasteiger partial charge in [0.1, 0.15) is 0 Å². The molecule has 0 bridgehead atoms. The van der Waals surface area contributed by atoms with Gasteiger partial charge in [-0.05, 0) is 68.3 Å². The van der Waals surface area contributed by atoms with Crippen molar-refractivity contribution in [3.05, 3.63) is 58.6 Å². The number of hydrogen-bond acceptors (Lipinski definition) is 4. The molecule has 1 heterocycles. The van der Waals surface area contributed by atoms with Crippen LogP contribution in [0.25, 0.3) is 0 Å². The fraction of sp³-hybridized carbons (Fsp3) is 0.333. The fourth-order valence-corrected chi connectivity index (χ4v) is 5.31. The lowest BCUT2D eigenvalue weighted by atomic mass is 10.1. The first kappa shape index (κ1) is 22.5. The lowest BCUT2D eigenvalue weighted by molar-refractivity contribution is -0.115. The zero-order valence-corrected chi connectivity index (χ0v) is 19.0. The van der Waals surface area contributed by atoms with Gasteiger partial charge in [0.05, 0.1) is 11.4 Å². The highest BCUT2D eigenvalue weighted by Gasteiger charge is 2.30. The second-order valence-electron chi connectivity index (χ2n) is 7.22. The summed E-state index contributed by atoms with van der Waals surface area (Å²) in [7, 11) is -3.58. The van der Waals surface area contributed by atoms with Gasteiger partial charge < -0.3 is 10.6 Å². The van der Waals surface area contributed by atoms with Crippen molar-refractivity contribution >= 4 is 43.5 Å². The van der Waals surface area contributed by atoms with Gasteiger partial charge in [-0.15, -0.1) is 0 Å². The van der Waals surface area contributed by atoms with Crippen molar-refractivity contribution < 1.29 is 18.0 Å². The molecule has 0 aliphatic carbocycles. The first-order chi connectivity index (χ1) is 14.3. The van der Waals surface area contributed by atoms with Crippen LogP contribution in [0, 0.1) is 0 Å². The lowest BCUT2D eigenvalue weighted by Crippen LogP contribution is -2.41. The second-order valence-corrected chi connectivity index (χ2v) is 10.0. The van der Waals surface area contributed by atoms with Gasteiger partial charge in [0, 0.05) is 28.3 Å². The third-order valence-electron chi connectivity index (χ3n) is 5.00. The van der Waals surface area contributed by atoms with Crippen LogP contribution in [0.15, 0.2) is 57.9 Å². The molecule has 2 aromatic carbocycles. The number of carbonyl (C=O) groups excluding carboxylic acids is 2. The van der Waals surface area contributed by atoms with Crippen LogP contribution in [0.2, 0.25) is 0 Å². The summed E-state index contributed by atoms with van der Waals surface area (Å²) in [6, 6.07) is 12.9. The quantitative estimate of drug-likeness (QED) is 0.644. The Hall–Kier alpha value is -2.23. The third-order valence-corrected chi connectivity index (χ3v) is 7.56. The van der Waals surface area contributed by atoms with Crippen LogP contribution in [0.5, 0.6) is 0 Å². The van der Waals surface area contributed by atoms with E-state index in [4.69, 9.17) is 0 Å². The molecule has 0 spiro atoms. The minimum absolute atomic E-state index is 0.0315. The Kier molecular flexibility index (Phi) is 7.27. The van der Waals surface area contributed by atoms with E-state index < -0.39 is 15.9 Å². The number of nitrogens with zero attached hydrogens (tertiary/aromatic N) is 1. The SMILES string of the molecule is CC1CCCCN1S(=O)(=O)c1ccc(C(=O)NCC(=O)Nc2ccc(Br)cc2)cc1. The second kappa shape index (κ2) is 9.72. The highest BCUT2D eigenvalue weighted by Crippen LogP contribution is 2.25. The van der Waals surface area contributed by atoms with Gasteiger partial charge in [-0.25, -0.2) is 8.42 Å². The lowest BCUT2D eigenvalue weighted by Gasteiger charge is -2.32. The van der Waals surface area contributed by atoms with Crippen LogP contribution < -0.4 is 10.6 Å². The van der Waals surface area contributed by atoms with Gasteiger partial charge in [0.25, 0.3) is 5.91 Å². The van der Waals surface area contributed by atoms with E-state index in [2.05, 4.69) is 26.6 Å². The molecular weight excluding hydrogens is 470 g/mol. The molecule has 3 rings (SSSR count). The average Bonchev–Trinajstić information content (AvgIpc) is 2.74. The van der Waals surface area contributed by atoms with Crippen molar-refractivity contribution in [3.8, 4) is 0 Å². The van der Waals surface area contributed by atoms with Crippen LogP contribution in [-0.4, -0.2) is 43.7 Å². The molecule has 2 aromatic rings. The van der Waals surface area contributed by atoms with Crippen LogP contribution in [0.4, 0.5) is 5.69 Å². The molecule has 1 atom stereocenters. The van der Waals surface area contributed by atoms with Crippen LogP contribution in [-0.2, 0) is 14.8 Å².